The Morgan fingerprint density at radius 1 is 1.36 bits per heavy atom. The highest BCUT2D eigenvalue weighted by Gasteiger charge is 2.04. The van der Waals surface area contributed by atoms with E-state index in [0.29, 0.717) is 11.6 Å². The average molecular weight is 195 g/mol. The highest BCUT2D eigenvalue weighted by molar-refractivity contribution is 5.35. The van der Waals surface area contributed by atoms with Crippen LogP contribution in [0.25, 0.3) is 0 Å². The smallest absolute Gasteiger partial charge is 0.150 e. The van der Waals surface area contributed by atoms with E-state index in [4.69, 9.17) is 5.11 Å². The highest BCUT2D eigenvalue weighted by atomic mass is 16.3. The van der Waals surface area contributed by atoms with Crippen LogP contribution in [0.4, 0.5) is 5.82 Å². The first kappa shape index (κ1) is 10.9. The van der Waals surface area contributed by atoms with Crippen molar-refractivity contribution in [3.8, 4) is 0 Å². The molecule has 4 heteroatoms. The van der Waals surface area contributed by atoms with E-state index in [1.54, 1.807) is 6.07 Å². The monoisotopic (exact) mass is 195 g/mol. The number of aliphatic hydroxyl groups excluding tert-OH is 1. The number of hydrogen-bond donors (Lipinski definition) is 1. The third-order valence-electron chi connectivity index (χ3n) is 1.90. The maximum absolute atomic E-state index is 8.80. The van der Waals surface area contributed by atoms with Crippen molar-refractivity contribution in [2.24, 2.45) is 5.92 Å². The van der Waals surface area contributed by atoms with Gasteiger partial charge >= 0.3 is 0 Å². The van der Waals surface area contributed by atoms with Crippen molar-refractivity contribution in [1.82, 2.24) is 10.2 Å². The molecule has 0 amide bonds. The van der Waals surface area contributed by atoms with Crippen molar-refractivity contribution in [3.63, 3.8) is 0 Å². The molecule has 0 aliphatic carbocycles. The van der Waals surface area contributed by atoms with Crippen molar-refractivity contribution in [2.45, 2.75) is 20.5 Å². The van der Waals surface area contributed by atoms with Gasteiger partial charge in [-0.3, -0.25) is 0 Å². The number of aliphatic hydroxyl groups is 1. The zero-order chi connectivity index (χ0) is 10.6. The molecule has 1 rings (SSSR count). The summed E-state index contributed by atoms with van der Waals surface area (Å²) in [6.07, 6.45) is 0. The summed E-state index contributed by atoms with van der Waals surface area (Å²) >= 11 is 0. The van der Waals surface area contributed by atoms with Gasteiger partial charge in [0.05, 0.1) is 12.3 Å². The molecule has 1 aromatic rings. The Hall–Kier alpha value is -1.16. The van der Waals surface area contributed by atoms with Crippen LogP contribution in [0.15, 0.2) is 12.1 Å². The first-order valence-corrected chi connectivity index (χ1v) is 4.78. The molecule has 14 heavy (non-hydrogen) atoms. The van der Waals surface area contributed by atoms with E-state index in [0.717, 1.165) is 12.4 Å². The molecule has 0 saturated carbocycles. The van der Waals surface area contributed by atoms with E-state index in [1.165, 1.54) is 0 Å². The third kappa shape index (κ3) is 2.96. The largest absolute Gasteiger partial charge is 0.390 e. The molecule has 0 atom stereocenters. The van der Waals surface area contributed by atoms with E-state index < -0.39 is 0 Å². The van der Waals surface area contributed by atoms with Gasteiger partial charge in [-0.15, -0.1) is 5.10 Å². The summed E-state index contributed by atoms with van der Waals surface area (Å²) in [7, 11) is 1.99. The molecule has 0 unspecified atom stereocenters. The second-order valence-corrected chi connectivity index (χ2v) is 3.82. The Morgan fingerprint density at radius 3 is 2.50 bits per heavy atom. The van der Waals surface area contributed by atoms with Gasteiger partial charge in [-0.05, 0) is 18.1 Å². The number of anilines is 1. The standard InChI is InChI=1S/C10H17N3O/c1-8(2)6-13(3)10-5-4-9(7-14)11-12-10/h4-5,8,14H,6-7H2,1-3H3. The van der Waals surface area contributed by atoms with Crippen LogP contribution in [-0.4, -0.2) is 28.9 Å². The molecule has 4 nitrogen and oxygen atoms in total. The second-order valence-electron chi connectivity index (χ2n) is 3.82. The van der Waals surface area contributed by atoms with E-state index in [2.05, 4.69) is 28.9 Å². The van der Waals surface area contributed by atoms with E-state index in [1.807, 2.05) is 13.1 Å². The lowest BCUT2D eigenvalue weighted by atomic mass is 10.2. The summed E-state index contributed by atoms with van der Waals surface area (Å²) in [4.78, 5) is 2.05. The maximum atomic E-state index is 8.80. The molecular weight excluding hydrogens is 178 g/mol. The predicted molar refractivity (Wildman–Crippen MR) is 56.1 cm³/mol. The van der Waals surface area contributed by atoms with E-state index >= 15 is 0 Å². The maximum Gasteiger partial charge on any atom is 0.150 e. The minimum atomic E-state index is -0.0544. The van der Waals surface area contributed by atoms with Gasteiger partial charge in [-0.1, -0.05) is 13.8 Å². The van der Waals surface area contributed by atoms with Crippen LogP contribution in [-0.2, 0) is 6.61 Å². The summed E-state index contributed by atoms with van der Waals surface area (Å²) in [6, 6.07) is 3.67. The predicted octanol–water partition coefficient (Wildman–Crippen LogP) is 1.06. The normalized spacial score (nSPS) is 10.6. The van der Waals surface area contributed by atoms with Crippen LogP contribution >= 0.6 is 0 Å². The van der Waals surface area contributed by atoms with E-state index in [9.17, 15) is 0 Å². The molecule has 0 spiro atoms. The van der Waals surface area contributed by atoms with Crippen LogP contribution in [0.5, 0.6) is 0 Å². The number of hydrogen-bond acceptors (Lipinski definition) is 4. The van der Waals surface area contributed by atoms with Gasteiger partial charge in [0.1, 0.15) is 0 Å². The molecule has 0 fully saturated rings. The van der Waals surface area contributed by atoms with Gasteiger partial charge in [0.15, 0.2) is 5.82 Å². The van der Waals surface area contributed by atoms with Gasteiger partial charge in [0.2, 0.25) is 0 Å². The van der Waals surface area contributed by atoms with Crippen molar-refractivity contribution in [2.75, 3.05) is 18.5 Å². The van der Waals surface area contributed by atoms with Crippen LogP contribution in [0.1, 0.15) is 19.5 Å². The van der Waals surface area contributed by atoms with Crippen LogP contribution in [0.2, 0.25) is 0 Å². The van der Waals surface area contributed by atoms with Gasteiger partial charge in [-0.25, -0.2) is 0 Å². The van der Waals surface area contributed by atoms with Gasteiger partial charge in [0, 0.05) is 13.6 Å². The Morgan fingerprint density at radius 2 is 2.07 bits per heavy atom. The molecule has 0 saturated heterocycles. The Labute approximate surface area is 84.6 Å². The Kier molecular flexibility index (Phi) is 3.83. The molecule has 0 aliphatic heterocycles. The fraction of sp³-hybridized carbons (Fsp3) is 0.600. The average Bonchev–Trinajstić information content (AvgIpc) is 2.17. The first-order valence-electron chi connectivity index (χ1n) is 4.78. The summed E-state index contributed by atoms with van der Waals surface area (Å²) in [5, 5.41) is 16.7. The lowest BCUT2D eigenvalue weighted by Crippen LogP contribution is -2.23. The minimum Gasteiger partial charge on any atom is -0.390 e. The fourth-order valence-electron chi connectivity index (χ4n) is 1.28. The van der Waals surface area contributed by atoms with Crippen LogP contribution in [0, 0.1) is 5.92 Å². The quantitative estimate of drug-likeness (QED) is 0.780. The molecule has 0 radical (unpaired) electrons. The third-order valence-corrected chi connectivity index (χ3v) is 1.90. The molecular formula is C10H17N3O. The van der Waals surface area contributed by atoms with Crippen molar-refractivity contribution in [1.29, 1.82) is 0 Å². The fourth-order valence-corrected chi connectivity index (χ4v) is 1.28. The number of aromatic nitrogens is 2. The second kappa shape index (κ2) is 4.91. The summed E-state index contributed by atoms with van der Waals surface area (Å²) < 4.78 is 0. The van der Waals surface area contributed by atoms with Gasteiger partial charge in [-0.2, -0.15) is 5.10 Å². The Balaban J connectivity index is 2.66. The lowest BCUT2D eigenvalue weighted by Gasteiger charge is -2.19. The number of rotatable bonds is 4. The van der Waals surface area contributed by atoms with Gasteiger partial charge < -0.3 is 10.0 Å². The summed E-state index contributed by atoms with van der Waals surface area (Å²) in [6.45, 7) is 5.21. The van der Waals surface area contributed by atoms with E-state index in [-0.39, 0.29) is 6.61 Å². The highest BCUT2D eigenvalue weighted by Crippen LogP contribution is 2.09. The molecule has 1 aromatic heterocycles. The van der Waals surface area contributed by atoms with Crippen LogP contribution in [0.3, 0.4) is 0 Å². The molecule has 0 aromatic carbocycles. The molecule has 78 valence electrons. The lowest BCUT2D eigenvalue weighted by molar-refractivity contribution is 0.275. The molecule has 1 N–H and O–H groups in total. The zero-order valence-electron chi connectivity index (χ0n) is 8.94. The van der Waals surface area contributed by atoms with Crippen molar-refractivity contribution >= 4 is 5.82 Å². The van der Waals surface area contributed by atoms with Crippen molar-refractivity contribution < 1.29 is 5.11 Å². The topological polar surface area (TPSA) is 49.2 Å². The van der Waals surface area contributed by atoms with Crippen molar-refractivity contribution in [3.05, 3.63) is 17.8 Å². The first-order chi connectivity index (χ1) is 6.63. The molecule has 0 aliphatic rings. The number of nitrogens with zero attached hydrogens (tertiary/aromatic N) is 3. The minimum absolute atomic E-state index is 0.0544. The SMILES string of the molecule is CC(C)CN(C)c1ccc(CO)nn1. The molecule has 0 bridgehead atoms. The summed E-state index contributed by atoms with van der Waals surface area (Å²) in [5.74, 6) is 1.44. The molecule has 1 heterocycles. The van der Waals surface area contributed by atoms with Crippen LogP contribution < -0.4 is 4.90 Å². The Bertz CT molecular complexity index is 271. The zero-order valence-corrected chi connectivity index (χ0v) is 8.94. The van der Waals surface area contributed by atoms with Gasteiger partial charge in [0.25, 0.3) is 0 Å². The summed E-state index contributed by atoms with van der Waals surface area (Å²) in [5.41, 5.74) is 0.603.